The molecule has 13 heavy (non-hydrogen) atoms. The first-order valence-corrected chi connectivity index (χ1v) is 4.31. The van der Waals surface area contributed by atoms with Gasteiger partial charge in [0.25, 0.3) is 0 Å². The maximum absolute atomic E-state index is 10.4. The number of hydrogen-bond donors (Lipinski definition) is 0. The predicted octanol–water partition coefficient (Wildman–Crippen LogP) is 2.27. The Balaban J connectivity index is 2.90. The fraction of sp³-hybridized carbons (Fsp3) is 0.364. The van der Waals surface area contributed by atoms with Crippen LogP contribution in [0.3, 0.4) is 0 Å². The summed E-state index contributed by atoms with van der Waals surface area (Å²) in [6.45, 7) is 2.02. The molecule has 0 heterocycles. The van der Waals surface area contributed by atoms with Crippen molar-refractivity contribution in [2.24, 2.45) is 0 Å². The first-order valence-electron chi connectivity index (χ1n) is 4.31. The average molecular weight is 178 g/mol. The molecule has 2 nitrogen and oxygen atoms in total. The molecule has 1 rings (SSSR count). The van der Waals surface area contributed by atoms with E-state index in [-0.39, 0.29) is 6.10 Å². The molecule has 0 radical (unpaired) electrons. The first kappa shape index (κ1) is 9.93. The zero-order valence-electron chi connectivity index (χ0n) is 7.99. The van der Waals surface area contributed by atoms with E-state index >= 15 is 0 Å². The van der Waals surface area contributed by atoms with Crippen molar-refractivity contribution in [3.63, 3.8) is 0 Å². The van der Waals surface area contributed by atoms with Crippen LogP contribution in [0.25, 0.3) is 0 Å². The second kappa shape index (κ2) is 4.77. The maximum atomic E-state index is 10.4. The summed E-state index contributed by atoms with van der Waals surface area (Å²) in [5.41, 5.74) is 2.26. The van der Waals surface area contributed by atoms with E-state index in [1.54, 1.807) is 7.11 Å². The van der Waals surface area contributed by atoms with Gasteiger partial charge in [0.15, 0.2) is 0 Å². The second-order valence-corrected chi connectivity index (χ2v) is 2.98. The molecule has 0 aliphatic heterocycles. The van der Waals surface area contributed by atoms with Gasteiger partial charge in [0.1, 0.15) is 6.29 Å². The van der Waals surface area contributed by atoms with Crippen LogP contribution in [0.5, 0.6) is 0 Å². The Kier molecular flexibility index (Phi) is 3.65. The van der Waals surface area contributed by atoms with Crippen LogP contribution in [0.4, 0.5) is 0 Å². The van der Waals surface area contributed by atoms with Crippen molar-refractivity contribution in [1.82, 2.24) is 0 Å². The highest BCUT2D eigenvalue weighted by atomic mass is 16.5. The van der Waals surface area contributed by atoms with Crippen LogP contribution in [0.2, 0.25) is 0 Å². The first-order chi connectivity index (χ1) is 6.29. The van der Waals surface area contributed by atoms with E-state index in [4.69, 9.17) is 4.74 Å². The summed E-state index contributed by atoms with van der Waals surface area (Å²) >= 11 is 0. The third-order valence-corrected chi connectivity index (χ3v) is 2.13. The Morgan fingerprint density at radius 1 is 1.46 bits per heavy atom. The molecule has 0 aliphatic carbocycles. The molecule has 0 saturated heterocycles. The molecule has 0 amide bonds. The number of rotatable bonds is 4. The molecular weight excluding hydrogens is 164 g/mol. The zero-order chi connectivity index (χ0) is 9.68. The van der Waals surface area contributed by atoms with Crippen molar-refractivity contribution < 1.29 is 9.53 Å². The van der Waals surface area contributed by atoms with Gasteiger partial charge in [-0.2, -0.15) is 0 Å². The number of ether oxygens (including phenoxy) is 1. The highest BCUT2D eigenvalue weighted by molar-refractivity contribution is 5.51. The molecule has 0 aromatic heterocycles. The third-order valence-electron chi connectivity index (χ3n) is 2.13. The fourth-order valence-corrected chi connectivity index (χ4v) is 1.39. The molecule has 0 aliphatic rings. The minimum Gasteiger partial charge on any atom is -0.376 e. The topological polar surface area (TPSA) is 26.3 Å². The van der Waals surface area contributed by atoms with Gasteiger partial charge in [-0.25, -0.2) is 0 Å². The van der Waals surface area contributed by atoms with E-state index in [1.807, 2.05) is 31.2 Å². The van der Waals surface area contributed by atoms with Crippen LogP contribution in [-0.4, -0.2) is 13.4 Å². The van der Waals surface area contributed by atoms with E-state index in [0.29, 0.717) is 6.42 Å². The summed E-state index contributed by atoms with van der Waals surface area (Å²) in [4.78, 5) is 10.4. The maximum Gasteiger partial charge on any atom is 0.122 e. The Morgan fingerprint density at radius 3 is 2.69 bits per heavy atom. The smallest absolute Gasteiger partial charge is 0.122 e. The number of aryl methyl sites for hydroxylation is 1. The summed E-state index contributed by atoms with van der Waals surface area (Å²) in [7, 11) is 1.63. The standard InChI is InChI=1S/C11H14O2/c1-9-5-3-4-6-10(9)11(13-2)7-8-12/h3-6,8,11H,7H2,1-2H3. The van der Waals surface area contributed by atoms with E-state index in [0.717, 1.165) is 17.4 Å². The van der Waals surface area contributed by atoms with Gasteiger partial charge < -0.3 is 9.53 Å². The molecule has 1 atom stereocenters. The summed E-state index contributed by atoms with van der Waals surface area (Å²) in [5.74, 6) is 0. The molecule has 2 heteroatoms. The van der Waals surface area contributed by atoms with E-state index < -0.39 is 0 Å². The van der Waals surface area contributed by atoms with E-state index in [9.17, 15) is 4.79 Å². The number of hydrogen-bond acceptors (Lipinski definition) is 2. The number of carbonyl (C=O) groups is 1. The molecule has 0 saturated carbocycles. The largest absolute Gasteiger partial charge is 0.376 e. The Bertz CT molecular complexity index is 281. The normalized spacial score (nSPS) is 12.5. The van der Waals surface area contributed by atoms with E-state index in [2.05, 4.69) is 0 Å². The summed E-state index contributed by atoms with van der Waals surface area (Å²) < 4.78 is 5.23. The van der Waals surface area contributed by atoms with Crippen LogP contribution < -0.4 is 0 Å². The number of aldehydes is 1. The van der Waals surface area contributed by atoms with Crippen LogP contribution in [-0.2, 0) is 9.53 Å². The Morgan fingerprint density at radius 2 is 2.15 bits per heavy atom. The molecule has 1 aromatic rings. The van der Waals surface area contributed by atoms with Crippen LogP contribution in [0, 0.1) is 6.92 Å². The fourth-order valence-electron chi connectivity index (χ4n) is 1.39. The minimum atomic E-state index is -0.0984. The van der Waals surface area contributed by atoms with Gasteiger partial charge in [-0.3, -0.25) is 0 Å². The molecule has 0 spiro atoms. The highest BCUT2D eigenvalue weighted by Gasteiger charge is 2.10. The molecular formula is C11H14O2. The van der Waals surface area contributed by atoms with Gasteiger partial charge in [0, 0.05) is 13.5 Å². The summed E-state index contributed by atoms with van der Waals surface area (Å²) in [5, 5.41) is 0. The molecule has 0 bridgehead atoms. The van der Waals surface area contributed by atoms with Crippen LogP contribution in [0.1, 0.15) is 23.7 Å². The van der Waals surface area contributed by atoms with Crippen molar-refractivity contribution in [3.8, 4) is 0 Å². The Hall–Kier alpha value is -1.15. The number of benzene rings is 1. The monoisotopic (exact) mass is 178 g/mol. The molecule has 0 fully saturated rings. The third kappa shape index (κ3) is 2.39. The lowest BCUT2D eigenvalue weighted by Gasteiger charge is -2.14. The van der Waals surface area contributed by atoms with Crippen molar-refractivity contribution in [2.75, 3.05) is 7.11 Å². The van der Waals surface area contributed by atoms with E-state index in [1.165, 1.54) is 0 Å². The molecule has 70 valence electrons. The lowest BCUT2D eigenvalue weighted by Crippen LogP contribution is -2.03. The van der Waals surface area contributed by atoms with Gasteiger partial charge in [-0.1, -0.05) is 24.3 Å². The van der Waals surface area contributed by atoms with Crippen molar-refractivity contribution in [3.05, 3.63) is 35.4 Å². The number of carbonyl (C=O) groups excluding carboxylic acids is 1. The van der Waals surface area contributed by atoms with Crippen LogP contribution >= 0.6 is 0 Å². The number of methoxy groups -OCH3 is 1. The van der Waals surface area contributed by atoms with Crippen molar-refractivity contribution >= 4 is 6.29 Å². The van der Waals surface area contributed by atoms with Crippen LogP contribution in [0.15, 0.2) is 24.3 Å². The van der Waals surface area contributed by atoms with Gasteiger partial charge in [0.2, 0.25) is 0 Å². The summed E-state index contributed by atoms with van der Waals surface area (Å²) in [6.07, 6.45) is 1.21. The Labute approximate surface area is 78.5 Å². The van der Waals surface area contributed by atoms with Crippen molar-refractivity contribution in [2.45, 2.75) is 19.4 Å². The quantitative estimate of drug-likeness (QED) is 0.661. The van der Waals surface area contributed by atoms with Gasteiger partial charge in [0.05, 0.1) is 6.10 Å². The summed E-state index contributed by atoms with van der Waals surface area (Å²) in [6, 6.07) is 7.95. The van der Waals surface area contributed by atoms with Gasteiger partial charge in [-0.15, -0.1) is 0 Å². The molecule has 1 unspecified atom stereocenters. The lowest BCUT2D eigenvalue weighted by atomic mass is 10.0. The van der Waals surface area contributed by atoms with Gasteiger partial charge >= 0.3 is 0 Å². The highest BCUT2D eigenvalue weighted by Crippen LogP contribution is 2.22. The zero-order valence-corrected chi connectivity index (χ0v) is 7.99. The molecule has 1 aromatic carbocycles. The SMILES string of the molecule is COC(CC=O)c1ccccc1C. The average Bonchev–Trinajstić information content (AvgIpc) is 2.16. The molecule has 0 N–H and O–H groups in total. The van der Waals surface area contributed by atoms with Gasteiger partial charge in [-0.05, 0) is 18.1 Å². The predicted molar refractivity (Wildman–Crippen MR) is 51.6 cm³/mol. The second-order valence-electron chi connectivity index (χ2n) is 2.98. The lowest BCUT2D eigenvalue weighted by molar-refractivity contribution is -0.110. The minimum absolute atomic E-state index is 0.0984. The van der Waals surface area contributed by atoms with Crippen molar-refractivity contribution in [1.29, 1.82) is 0 Å².